The van der Waals surface area contributed by atoms with Crippen LogP contribution in [0.1, 0.15) is 25.8 Å². The van der Waals surface area contributed by atoms with Crippen LogP contribution in [0.4, 0.5) is 0 Å². The molecule has 2 rings (SSSR count). The smallest absolute Gasteiger partial charge is 0.258 e. The molecule has 3 N–H and O–H groups in total. The van der Waals surface area contributed by atoms with Gasteiger partial charge < -0.3 is 10.6 Å². The predicted molar refractivity (Wildman–Crippen MR) is 82.1 cm³/mol. The Balaban J connectivity index is 1.92. The summed E-state index contributed by atoms with van der Waals surface area (Å²) in [5, 5.41) is 0.0541. The first kappa shape index (κ1) is 16.4. The fourth-order valence-electron chi connectivity index (χ4n) is 2.49. The van der Waals surface area contributed by atoms with Crippen molar-refractivity contribution in [2.24, 2.45) is 11.7 Å². The number of aromatic nitrogens is 1. The zero-order valence-corrected chi connectivity index (χ0v) is 13.4. The van der Waals surface area contributed by atoms with Gasteiger partial charge in [-0.25, -0.2) is 18.1 Å². The average molecular weight is 312 g/mol. The van der Waals surface area contributed by atoms with Crippen LogP contribution in [0.2, 0.25) is 0 Å². The van der Waals surface area contributed by atoms with E-state index < -0.39 is 10.0 Å². The summed E-state index contributed by atoms with van der Waals surface area (Å²) in [4.78, 5) is 6.34. The fraction of sp³-hybridized carbons (Fsp3) is 0.643. The Bertz CT molecular complexity index is 557. The third-order valence-corrected chi connectivity index (χ3v) is 5.26. The largest absolute Gasteiger partial charge is 0.326 e. The lowest BCUT2D eigenvalue weighted by Gasteiger charge is -2.20. The van der Waals surface area contributed by atoms with Crippen molar-refractivity contribution >= 4 is 10.0 Å². The van der Waals surface area contributed by atoms with Crippen LogP contribution in [0.3, 0.4) is 0 Å². The second kappa shape index (κ2) is 6.83. The molecule has 0 spiro atoms. The van der Waals surface area contributed by atoms with Gasteiger partial charge in [-0.1, -0.05) is 6.07 Å². The van der Waals surface area contributed by atoms with E-state index in [1.807, 2.05) is 0 Å². The molecule has 0 aromatic carbocycles. The summed E-state index contributed by atoms with van der Waals surface area (Å²) in [6.45, 7) is 7.12. The van der Waals surface area contributed by atoms with Crippen LogP contribution in [-0.4, -0.2) is 44.0 Å². The van der Waals surface area contributed by atoms with Gasteiger partial charge in [0, 0.05) is 31.9 Å². The molecule has 1 unspecified atom stereocenters. The van der Waals surface area contributed by atoms with Crippen LogP contribution in [0.15, 0.2) is 23.4 Å². The first-order chi connectivity index (χ1) is 9.92. The van der Waals surface area contributed by atoms with E-state index in [-0.39, 0.29) is 5.03 Å². The first-order valence-corrected chi connectivity index (χ1v) is 8.79. The second-order valence-corrected chi connectivity index (χ2v) is 7.52. The summed E-state index contributed by atoms with van der Waals surface area (Å²) < 4.78 is 27.0. The van der Waals surface area contributed by atoms with Gasteiger partial charge in [0.1, 0.15) is 0 Å². The molecule has 1 saturated heterocycles. The zero-order valence-electron chi connectivity index (χ0n) is 12.6. The van der Waals surface area contributed by atoms with Gasteiger partial charge in [0.2, 0.25) is 0 Å². The van der Waals surface area contributed by atoms with Crippen LogP contribution < -0.4 is 10.5 Å². The maximum absolute atomic E-state index is 12.2. The molecule has 1 fully saturated rings. The van der Waals surface area contributed by atoms with Crippen LogP contribution in [0.25, 0.3) is 0 Å². The molecule has 6 nitrogen and oxygen atoms in total. The first-order valence-electron chi connectivity index (χ1n) is 7.31. The summed E-state index contributed by atoms with van der Waals surface area (Å²) in [6.07, 6.45) is 2.53. The molecule has 0 radical (unpaired) electrons. The third kappa shape index (κ3) is 4.23. The molecule has 0 saturated carbocycles. The Hall–Kier alpha value is -1.02. The maximum atomic E-state index is 12.2. The van der Waals surface area contributed by atoms with Gasteiger partial charge in [-0.2, -0.15) is 0 Å². The minimum Gasteiger partial charge on any atom is -0.326 e. The molecule has 0 bridgehead atoms. The van der Waals surface area contributed by atoms with E-state index in [1.54, 1.807) is 6.07 Å². The van der Waals surface area contributed by atoms with Gasteiger partial charge in [0.05, 0.1) is 0 Å². The Kier molecular flexibility index (Phi) is 5.32. The summed E-state index contributed by atoms with van der Waals surface area (Å²) in [7, 11) is -3.53. The lowest BCUT2D eigenvalue weighted by atomic mass is 10.1. The molecule has 1 aliphatic heterocycles. The lowest BCUT2D eigenvalue weighted by Crippen LogP contribution is -2.33. The highest BCUT2D eigenvalue weighted by molar-refractivity contribution is 7.89. The van der Waals surface area contributed by atoms with Crippen molar-refractivity contribution in [1.82, 2.24) is 14.6 Å². The predicted octanol–water partition coefficient (Wildman–Crippen LogP) is 0.549. The molecule has 118 valence electrons. The van der Waals surface area contributed by atoms with Crippen molar-refractivity contribution in [3.05, 3.63) is 23.9 Å². The molecule has 21 heavy (non-hydrogen) atoms. The van der Waals surface area contributed by atoms with Crippen molar-refractivity contribution in [1.29, 1.82) is 0 Å². The van der Waals surface area contributed by atoms with Gasteiger partial charge in [-0.3, -0.25) is 0 Å². The van der Waals surface area contributed by atoms with Gasteiger partial charge >= 0.3 is 0 Å². The second-order valence-electron chi connectivity index (χ2n) is 5.80. The summed E-state index contributed by atoms with van der Waals surface area (Å²) in [6, 6.07) is 3.70. The van der Waals surface area contributed by atoms with Crippen molar-refractivity contribution < 1.29 is 8.42 Å². The number of nitrogens with zero attached hydrogens (tertiary/aromatic N) is 2. The van der Waals surface area contributed by atoms with Crippen molar-refractivity contribution in [3.8, 4) is 0 Å². The van der Waals surface area contributed by atoms with E-state index in [1.165, 1.54) is 12.3 Å². The molecular weight excluding hydrogens is 288 g/mol. The number of nitrogens with two attached hydrogens (primary N) is 1. The molecule has 1 aliphatic rings. The molecule has 0 aliphatic carbocycles. The van der Waals surface area contributed by atoms with E-state index >= 15 is 0 Å². The Morgan fingerprint density at radius 1 is 1.48 bits per heavy atom. The van der Waals surface area contributed by atoms with E-state index in [0.717, 1.165) is 25.1 Å². The van der Waals surface area contributed by atoms with Gasteiger partial charge in [-0.05, 0) is 44.4 Å². The number of sulfonamides is 1. The third-order valence-electron chi connectivity index (χ3n) is 3.92. The molecular formula is C14H24N4O2S. The van der Waals surface area contributed by atoms with Crippen LogP contribution >= 0.6 is 0 Å². The summed E-state index contributed by atoms with van der Waals surface area (Å²) in [5.74, 6) is 0.366. The maximum Gasteiger partial charge on any atom is 0.258 e. The molecule has 1 aromatic rings. The highest BCUT2D eigenvalue weighted by atomic mass is 32.2. The van der Waals surface area contributed by atoms with Gasteiger partial charge in [-0.15, -0.1) is 0 Å². The quantitative estimate of drug-likeness (QED) is 0.801. The number of rotatable bonds is 6. The lowest BCUT2D eigenvalue weighted by molar-refractivity contribution is 0.265. The average Bonchev–Trinajstić information content (AvgIpc) is 2.94. The topological polar surface area (TPSA) is 88.3 Å². The van der Waals surface area contributed by atoms with Crippen LogP contribution in [0, 0.1) is 5.92 Å². The molecule has 7 heteroatoms. The van der Waals surface area contributed by atoms with Gasteiger partial charge in [0.25, 0.3) is 10.0 Å². The molecule has 1 aromatic heterocycles. The standard InChI is InChI=1S/C14H24N4O2S/c1-11(2)18-6-5-13(10-18)9-17-21(19,20)14-4-3-12(7-15)8-16-14/h3-4,8,11,13,17H,5-7,9-10,15H2,1-2H3. The minimum atomic E-state index is -3.53. The Morgan fingerprint density at radius 2 is 2.24 bits per heavy atom. The number of hydrogen-bond acceptors (Lipinski definition) is 5. The van der Waals surface area contributed by atoms with Crippen molar-refractivity contribution in [2.45, 2.75) is 37.9 Å². The molecule has 0 amide bonds. The number of hydrogen-bond donors (Lipinski definition) is 2. The summed E-state index contributed by atoms with van der Waals surface area (Å²) in [5.41, 5.74) is 6.29. The SMILES string of the molecule is CC(C)N1CCC(CNS(=O)(=O)c2ccc(CN)cn2)C1. The summed E-state index contributed by atoms with van der Waals surface area (Å²) >= 11 is 0. The van der Waals surface area contributed by atoms with Crippen LogP contribution in [0.5, 0.6) is 0 Å². The Labute approximate surface area is 126 Å². The monoisotopic (exact) mass is 312 g/mol. The fourth-order valence-corrected chi connectivity index (χ4v) is 3.53. The zero-order chi connectivity index (χ0) is 15.5. The molecule has 1 atom stereocenters. The van der Waals surface area contributed by atoms with Gasteiger partial charge in [0.15, 0.2) is 5.03 Å². The van der Waals surface area contributed by atoms with Crippen LogP contribution in [-0.2, 0) is 16.6 Å². The van der Waals surface area contributed by atoms with Crippen molar-refractivity contribution in [2.75, 3.05) is 19.6 Å². The highest BCUT2D eigenvalue weighted by Crippen LogP contribution is 2.18. The number of nitrogens with one attached hydrogen (secondary N) is 1. The van der Waals surface area contributed by atoms with E-state index in [2.05, 4.69) is 28.5 Å². The van der Waals surface area contributed by atoms with E-state index in [0.29, 0.717) is 25.0 Å². The van der Waals surface area contributed by atoms with E-state index in [9.17, 15) is 8.42 Å². The highest BCUT2D eigenvalue weighted by Gasteiger charge is 2.26. The molecule has 2 heterocycles. The number of pyridine rings is 1. The van der Waals surface area contributed by atoms with Crippen molar-refractivity contribution in [3.63, 3.8) is 0 Å². The normalized spacial score (nSPS) is 20.3. The minimum absolute atomic E-state index is 0.0541. The number of likely N-dealkylation sites (tertiary alicyclic amines) is 1. The van der Waals surface area contributed by atoms with E-state index in [4.69, 9.17) is 5.73 Å². The Morgan fingerprint density at radius 3 is 2.76 bits per heavy atom.